The third-order valence-corrected chi connectivity index (χ3v) is 26.1. The molecule has 652 valence electrons. The molecule has 10 aliphatic rings. The lowest BCUT2D eigenvalue weighted by Gasteiger charge is -2.40. The summed E-state index contributed by atoms with van der Waals surface area (Å²) < 4.78 is 37.0. The molecular formula is C111H112N6O11. The number of benzene rings is 11. The number of ketones is 2. The number of fused-ring (bicyclic) bond motifs is 5. The molecule has 0 aliphatic carbocycles. The van der Waals surface area contributed by atoms with Crippen molar-refractivity contribution in [3.8, 4) is 34.5 Å². The van der Waals surface area contributed by atoms with Crippen molar-refractivity contribution in [3.05, 3.63) is 387 Å². The molecular weight excluding hydrogens is 1590 g/mol. The summed E-state index contributed by atoms with van der Waals surface area (Å²) in [6, 6.07) is 89.6. The van der Waals surface area contributed by atoms with Crippen LogP contribution in [0.25, 0.3) is 27.9 Å². The standard InChI is InChI=1S/C26H23NO2.C24H28N2O2.C21H21NO3.C21H21NO2.C19H19NO2/c28-25(20-6-2-1-3-7-20)21-12-10-19(11-13-21)23-18-26(14-16-27-17-15-26)29-24-9-5-4-8-22(23)24;1-3-26(4-2)23(27)19-10-11-22-20(16-19)21(18-8-6-5-7-9-18)17-24(28-22)12-14-25-15-13-24;1-24-20(23)16-7-8-19-17(13-16)18(15-5-3-2-4-6-15)14-21(25-19)9-11-22-12-10-21;1-15(23)16-6-8-17(9-7-16)19-14-21(10-12-22-13-11-21)24-20-5-3-2-4-18(19)20;21-15-6-7-18-16(12-15)17(14-4-2-1-3-5-14)13-19(22-18)8-10-20-11-9-19/h1-13,18,27H,14-17H2;5-11,16-17,25H,3-4,12-15H2,1-2H3;2-8,13-14,22H,9-12H2,1H3;2-9,14,22H,10-13H2,1H3;1-7,12-13,20-21H,8-11H2. The number of nitrogens with zero attached hydrogens (tertiary/aromatic N) is 1. The molecule has 0 bridgehead atoms. The number of ether oxygens (including phenoxy) is 6. The number of hydrogen-bond donors (Lipinski definition) is 6. The summed E-state index contributed by atoms with van der Waals surface area (Å²) >= 11 is 0. The quantitative estimate of drug-likeness (QED) is 0.0497. The van der Waals surface area contributed by atoms with Crippen molar-refractivity contribution in [2.24, 2.45) is 0 Å². The van der Waals surface area contributed by atoms with E-state index in [0.717, 1.165) is 236 Å². The molecule has 5 spiro atoms. The Bertz CT molecular complexity index is 5970. The Labute approximate surface area is 751 Å². The van der Waals surface area contributed by atoms with Crippen LogP contribution in [0.3, 0.4) is 0 Å². The molecule has 11 aromatic carbocycles. The van der Waals surface area contributed by atoms with Gasteiger partial charge in [0.2, 0.25) is 0 Å². The number of carbonyl (C=O) groups is 4. The molecule has 10 heterocycles. The monoisotopic (exact) mass is 1700 g/mol. The first-order chi connectivity index (χ1) is 62.5. The van der Waals surface area contributed by atoms with Gasteiger partial charge >= 0.3 is 5.97 Å². The highest BCUT2D eigenvalue weighted by molar-refractivity contribution is 6.09. The minimum absolute atomic E-state index is 0.0494. The van der Waals surface area contributed by atoms with Crippen molar-refractivity contribution < 1.29 is 52.7 Å². The number of carbonyl (C=O) groups excluding carboxylic acids is 4. The second-order valence-electron chi connectivity index (χ2n) is 34.4. The summed E-state index contributed by atoms with van der Waals surface area (Å²) in [4.78, 5) is 51.0. The average Bonchev–Trinajstić information content (AvgIpc) is 0.754. The van der Waals surface area contributed by atoms with Crippen molar-refractivity contribution in [1.82, 2.24) is 31.5 Å². The summed E-state index contributed by atoms with van der Waals surface area (Å²) in [6.07, 6.45) is 20.9. The van der Waals surface area contributed by atoms with Gasteiger partial charge in [-0.1, -0.05) is 206 Å². The molecule has 5 fully saturated rings. The van der Waals surface area contributed by atoms with Gasteiger partial charge in [0, 0.05) is 127 Å². The summed E-state index contributed by atoms with van der Waals surface area (Å²) in [5.41, 5.74) is 18.8. The number of esters is 1. The molecule has 21 rings (SSSR count). The maximum atomic E-state index is 12.9. The van der Waals surface area contributed by atoms with Crippen molar-refractivity contribution in [1.29, 1.82) is 0 Å². The Morgan fingerprint density at radius 3 is 0.938 bits per heavy atom. The summed E-state index contributed by atoms with van der Waals surface area (Å²) in [6.45, 7) is 16.6. The molecule has 0 radical (unpaired) electrons. The normalized spacial score (nSPS) is 18.0. The van der Waals surface area contributed by atoms with Crippen LogP contribution in [0, 0.1) is 0 Å². The van der Waals surface area contributed by atoms with Gasteiger partial charge in [-0.05, 0) is 239 Å². The number of phenols is 1. The van der Waals surface area contributed by atoms with Gasteiger partial charge in [-0.25, -0.2) is 4.79 Å². The largest absolute Gasteiger partial charge is 0.508 e. The lowest BCUT2D eigenvalue weighted by Crippen LogP contribution is -2.46. The van der Waals surface area contributed by atoms with Crippen LogP contribution in [-0.4, -0.2) is 147 Å². The smallest absolute Gasteiger partial charge is 0.337 e. The van der Waals surface area contributed by atoms with E-state index in [1.807, 2.05) is 189 Å². The first kappa shape index (κ1) is 87.1. The van der Waals surface area contributed by atoms with E-state index in [2.05, 4.69) is 142 Å². The first-order valence-electron chi connectivity index (χ1n) is 45.3. The number of nitrogens with one attached hydrogen (secondary N) is 5. The molecule has 10 aliphatic heterocycles. The van der Waals surface area contributed by atoms with E-state index in [-0.39, 0.29) is 57.2 Å². The van der Waals surface area contributed by atoms with E-state index in [0.29, 0.717) is 35.3 Å². The lowest BCUT2D eigenvalue weighted by atomic mass is 9.83. The van der Waals surface area contributed by atoms with Gasteiger partial charge in [-0.3, -0.25) is 14.4 Å². The number of hydrogen-bond acceptors (Lipinski definition) is 16. The lowest BCUT2D eigenvalue weighted by molar-refractivity contribution is 0.0599. The van der Waals surface area contributed by atoms with Gasteiger partial charge in [-0.2, -0.15) is 0 Å². The number of aromatic hydroxyl groups is 1. The Morgan fingerprint density at radius 2 is 0.586 bits per heavy atom. The molecule has 11 aromatic rings. The van der Waals surface area contributed by atoms with Crippen LogP contribution in [0.2, 0.25) is 0 Å². The van der Waals surface area contributed by atoms with Gasteiger partial charge < -0.3 is 65.0 Å². The van der Waals surface area contributed by atoms with Crippen molar-refractivity contribution >= 4 is 51.3 Å². The minimum Gasteiger partial charge on any atom is -0.508 e. The van der Waals surface area contributed by atoms with E-state index < -0.39 is 0 Å². The second-order valence-corrected chi connectivity index (χ2v) is 34.4. The Balaban J connectivity index is 0.000000113. The number of amides is 1. The molecule has 0 aromatic heterocycles. The molecule has 17 nitrogen and oxygen atoms in total. The van der Waals surface area contributed by atoms with Gasteiger partial charge in [0.1, 0.15) is 62.5 Å². The zero-order valence-electron chi connectivity index (χ0n) is 73.4. The van der Waals surface area contributed by atoms with Crippen LogP contribution in [0.1, 0.15) is 188 Å². The van der Waals surface area contributed by atoms with Crippen LogP contribution in [-0.2, 0) is 4.74 Å². The van der Waals surface area contributed by atoms with Crippen molar-refractivity contribution in [2.75, 3.05) is 85.6 Å². The molecule has 0 atom stereocenters. The molecule has 0 unspecified atom stereocenters. The van der Waals surface area contributed by atoms with Crippen LogP contribution in [0.5, 0.6) is 34.5 Å². The van der Waals surface area contributed by atoms with Gasteiger partial charge in [0.25, 0.3) is 5.91 Å². The number of methoxy groups -OCH3 is 1. The first-order valence-corrected chi connectivity index (χ1v) is 45.3. The fraction of sp³-hybridized carbons (Fsp3) is 0.279. The predicted octanol–water partition coefficient (Wildman–Crippen LogP) is 19.6. The van der Waals surface area contributed by atoms with Crippen molar-refractivity contribution in [2.45, 2.75) is 113 Å². The minimum atomic E-state index is -0.336. The van der Waals surface area contributed by atoms with E-state index in [1.54, 1.807) is 25.1 Å². The highest BCUT2D eigenvalue weighted by atomic mass is 16.5. The fourth-order valence-electron chi connectivity index (χ4n) is 19.0. The summed E-state index contributed by atoms with van der Waals surface area (Å²) in [5, 5.41) is 26.9. The third kappa shape index (κ3) is 19.4. The number of piperidine rings is 5. The van der Waals surface area contributed by atoms with Crippen LogP contribution in [0.15, 0.2) is 303 Å². The zero-order chi connectivity index (χ0) is 88.1. The second kappa shape index (κ2) is 39.1. The topological polar surface area (TPSA) is 207 Å². The number of para-hydroxylation sites is 2. The Morgan fingerprint density at radius 1 is 0.312 bits per heavy atom. The molecule has 17 heteroatoms. The number of phenolic OH excluding ortho intramolecular Hbond substituents is 1. The predicted molar refractivity (Wildman–Crippen MR) is 507 cm³/mol. The van der Waals surface area contributed by atoms with E-state index in [9.17, 15) is 24.3 Å². The zero-order valence-corrected chi connectivity index (χ0v) is 73.4. The maximum Gasteiger partial charge on any atom is 0.337 e. The van der Waals surface area contributed by atoms with Gasteiger partial charge in [0.15, 0.2) is 11.6 Å². The molecule has 1 amide bonds. The molecule has 6 N–H and O–H groups in total. The number of Topliss-reactive ketones (excluding diaryl/α,β-unsaturated/α-hetero) is 1. The fourth-order valence-corrected chi connectivity index (χ4v) is 19.0. The number of rotatable bonds is 12. The molecule has 5 saturated heterocycles. The highest BCUT2D eigenvalue weighted by Gasteiger charge is 2.43. The van der Waals surface area contributed by atoms with E-state index in [4.69, 9.17) is 28.4 Å². The van der Waals surface area contributed by atoms with Gasteiger partial charge in [-0.15, -0.1) is 0 Å². The summed E-state index contributed by atoms with van der Waals surface area (Å²) in [7, 11) is 1.40. The van der Waals surface area contributed by atoms with Crippen molar-refractivity contribution in [3.63, 3.8) is 0 Å². The SMILES string of the molecule is CC(=O)c1ccc(C2=CC3(CCNCC3)Oc3ccccc32)cc1.CCN(CC)C(=O)c1ccc2c(c1)C(c1ccccc1)=CC1(CCNCC1)O2.COC(=O)c1ccc2c(c1)C(c1ccccc1)=CC1(CCNCC1)O2.O=C(c1ccccc1)c1ccc(C2=CC3(CCNCC3)Oc3ccccc32)cc1.Oc1ccc2c(c1)C(c1ccccc1)=CC1(CCNCC1)O2. The Hall–Kier alpha value is -13.0. The Kier molecular flexibility index (Phi) is 26.6. The third-order valence-electron chi connectivity index (χ3n) is 26.1. The van der Waals surface area contributed by atoms with E-state index >= 15 is 0 Å². The molecule has 128 heavy (non-hydrogen) atoms. The van der Waals surface area contributed by atoms with Crippen LogP contribution in [0.4, 0.5) is 0 Å². The van der Waals surface area contributed by atoms with Gasteiger partial charge in [0.05, 0.1) is 12.7 Å². The van der Waals surface area contributed by atoms with Crippen LogP contribution >= 0.6 is 0 Å². The summed E-state index contributed by atoms with van der Waals surface area (Å²) in [5.74, 6) is 4.61. The maximum absolute atomic E-state index is 12.9. The highest BCUT2D eigenvalue weighted by Crippen LogP contribution is 2.49. The van der Waals surface area contributed by atoms with E-state index in [1.165, 1.54) is 18.3 Å². The average molecular weight is 1710 g/mol. The van der Waals surface area contributed by atoms with Crippen LogP contribution < -0.4 is 50.3 Å². The molecule has 0 saturated carbocycles.